The fourth-order valence-electron chi connectivity index (χ4n) is 1.66. The standard InChI is InChI=1S/C15H15ClO2/c1-10-3-4-11(2)15(7-10)18-13-6-5-12(9-17)14(16)8-13/h3-8,17H,9H2,1-2H3. The third-order valence-electron chi connectivity index (χ3n) is 2.77. The van der Waals surface area contributed by atoms with E-state index in [1.54, 1.807) is 18.2 Å². The van der Waals surface area contributed by atoms with Crippen molar-refractivity contribution in [3.05, 3.63) is 58.1 Å². The number of aliphatic hydroxyl groups excluding tert-OH is 1. The summed E-state index contributed by atoms with van der Waals surface area (Å²) in [6, 6.07) is 11.3. The van der Waals surface area contributed by atoms with Gasteiger partial charge in [-0.25, -0.2) is 0 Å². The number of ether oxygens (including phenoxy) is 1. The summed E-state index contributed by atoms with van der Waals surface area (Å²) in [4.78, 5) is 0. The molecule has 0 aromatic heterocycles. The lowest BCUT2D eigenvalue weighted by Crippen LogP contribution is -1.90. The molecule has 0 heterocycles. The fourth-order valence-corrected chi connectivity index (χ4v) is 1.89. The summed E-state index contributed by atoms with van der Waals surface area (Å²) in [5, 5.41) is 9.57. The highest BCUT2D eigenvalue weighted by Gasteiger charge is 2.05. The first kappa shape index (κ1) is 12.9. The Balaban J connectivity index is 2.28. The molecular formula is C15H15ClO2. The van der Waals surface area contributed by atoms with Crippen LogP contribution in [0.5, 0.6) is 11.5 Å². The molecule has 0 bridgehead atoms. The van der Waals surface area contributed by atoms with E-state index in [4.69, 9.17) is 21.4 Å². The quantitative estimate of drug-likeness (QED) is 0.896. The minimum absolute atomic E-state index is 0.0669. The Hall–Kier alpha value is -1.51. The van der Waals surface area contributed by atoms with Crippen LogP contribution in [-0.2, 0) is 6.61 Å². The maximum Gasteiger partial charge on any atom is 0.130 e. The molecule has 1 N–H and O–H groups in total. The van der Waals surface area contributed by atoms with Crippen molar-refractivity contribution < 1.29 is 9.84 Å². The Bertz CT molecular complexity index is 564. The van der Waals surface area contributed by atoms with Crippen LogP contribution >= 0.6 is 11.6 Å². The summed E-state index contributed by atoms with van der Waals surface area (Å²) >= 11 is 6.03. The van der Waals surface area contributed by atoms with Gasteiger partial charge in [-0.05, 0) is 48.7 Å². The van der Waals surface area contributed by atoms with E-state index in [2.05, 4.69) is 0 Å². The van der Waals surface area contributed by atoms with Gasteiger partial charge in [-0.1, -0.05) is 29.8 Å². The van der Waals surface area contributed by atoms with Gasteiger partial charge in [-0.15, -0.1) is 0 Å². The lowest BCUT2D eigenvalue weighted by atomic mass is 10.1. The second-order valence-electron chi connectivity index (χ2n) is 4.28. The van der Waals surface area contributed by atoms with Crippen LogP contribution in [0, 0.1) is 13.8 Å². The summed E-state index contributed by atoms with van der Waals surface area (Å²) in [5.74, 6) is 1.49. The molecule has 2 aromatic carbocycles. The first-order valence-electron chi connectivity index (χ1n) is 5.74. The SMILES string of the molecule is Cc1ccc(C)c(Oc2ccc(CO)c(Cl)c2)c1. The Kier molecular flexibility index (Phi) is 3.90. The van der Waals surface area contributed by atoms with Crippen molar-refractivity contribution in [2.75, 3.05) is 0 Å². The fraction of sp³-hybridized carbons (Fsp3) is 0.200. The summed E-state index contributed by atoms with van der Waals surface area (Å²) < 4.78 is 5.80. The van der Waals surface area contributed by atoms with Crippen molar-refractivity contribution in [1.82, 2.24) is 0 Å². The molecule has 0 amide bonds. The molecule has 0 saturated carbocycles. The molecule has 3 heteroatoms. The van der Waals surface area contributed by atoms with Gasteiger partial charge in [0.25, 0.3) is 0 Å². The zero-order chi connectivity index (χ0) is 13.1. The third-order valence-corrected chi connectivity index (χ3v) is 3.12. The summed E-state index contributed by atoms with van der Waals surface area (Å²) in [6.07, 6.45) is 0. The smallest absolute Gasteiger partial charge is 0.130 e. The van der Waals surface area contributed by atoms with Crippen LogP contribution in [-0.4, -0.2) is 5.11 Å². The van der Waals surface area contributed by atoms with Gasteiger partial charge in [0.05, 0.1) is 6.61 Å². The minimum Gasteiger partial charge on any atom is -0.457 e. The van der Waals surface area contributed by atoms with E-state index >= 15 is 0 Å². The van der Waals surface area contributed by atoms with Crippen LogP contribution in [0.4, 0.5) is 0 Å². The van der Waals surface area contributed by atoms with Gasteiger partial charge in [-0.3, -0.25) is 0 Å². The largest absolute Gasteiger partial charge is 0.457 e. The Morgan fingerprint density at radius 1 is 1.11 bits per heavy atom. The molecule has 0 aliphatic rings. The van der Waals surface area contributed by atoms with E-state index in [1.807, 2.05) is 32.0 Å². The molecule has 2 aromatic rings. The minimum atomic E-state index is -0.0669. The molecule has 94 valence electrons. The lowest BCUT2D eigenvalue weighted by Gasteiger charge is -2.10. The van der Waals surface area contributed by atoms with Gasteiger partial charge in [0.2, 0.25) is 0 Å². The molecule has 0 unspecified atom stereocenters. The number of benzene rings is 2. The third kappa shape index (κ3) is 2.84. The van der Waals surface area contributed by atoms with Gasteiger partial charge in [0.1, 0.15) is 11.5 Å². The predicted octanol–water partition coefficient (Wildman–Crippen LogP) is 4.24. The Labute approximate surface area is 112 Å². The molecule has 0 radical (unpaired) electrons. The van der Waals surface area contributed by atoms with Crippen molar-refractivity contribution in [3.8, 4) is 11.5 Å². The number of halogens is 1. The van der Waals surface area contributed by atoms with E-state index in [9.17, 15) is 0 Å². The molecule has 0 saturated heterocycles. The van der Waals surface area contributed by atoms with Crippen molar-refractivity contribution in [1.29, 1.82) is 0 Å². The lowest BCUT2D eigenvalue weighted by molar-refractivity contribution is 0.282. The van der Waals surface area contributed by atoms with E-state index in [1.165, 1.54) is 0 Å². The van der Waals surface area contributed by atoms with Crippen LogP contribution in [0.3, 0.4) is 0 Å². The molecule has 0 spiro atoms. The second kappa shape index (κ2) is 5.42. The summed E-state index contributed by atoms with van der Waals surface area (Å²) in [5.41, 5.74) is 2.92. The molecule has 0 aliphatic carbocycles. The normalized spacial score (nSPS) is 10.4. The summed E-state index contributed by atoms with van der Waals surface area (Å²) in [6.45, 7) is 3.95. The van der Waals surface area contributed by atoms with Gasteiger partial charge < -0.3 is 9.84 Å². The van der Waals surface area contributed by atoms with Crippen LogP contribution in [0.15, 0.2) is 36.4 Å². The van der Waals surface area contributed by atoms with Gasteiger partial charge >= 0.3 is 0 Å². The summed E-state index contributed by atoms with van der Waals surface area (Å²) in [7, 11) is 0. The van der Waals surface area contributed by atoms with E-state index in [0.717, 1.165) is 16.9 Å². The maximum absolute atomic E-state index is 9.05. The van der Waals surface area contributed by atoms with Crippen molar-refractivity contribution >= 4 is 11.6 Å². The number of hydrogen-bond acceptors (Lipinski definition) is 2. The number of aryl methyl sites for hydroxylation is 2. The van der Waals surface area contributed by atoms with Gasteiger partial charge in [0.15, 0.2) is 0 Å². The van der Waals surface area contributed by atoms with Crippen LogP contribution in [0.25, 0.3) is 0 Å². The van der Waals surface area contributed by atoms with Crippen LogP contribution in [0.1, 0.15) is 16.7 Å². The monoisotopic (exact) mass is 262 g/mol. The van der Waals surface area contributed by atoms with Gasteiger partial charge in [0, 0.05) is 5.02 Å². The Morgan fingerprint density at radius 3 is 2.56 bits per heavy atom. The molecule has 0 fully saturated rings. The van der Waals surface area contributed by atoms with E-state index in [0.29, 0.717) is 16.3 Å². The van der Waals surface area contributed by atoms with Gasteiger partial charge in [-0.2, -0.15) is 0 Å². The first-order valence-corrected chi connectivity index (χ1v) is 6.12. The number of aliphatic hydroxyl groups is 1. The van der Waals surface area contributed by atoms with Crippen LogP contribution < -0.4 is 4.74 Å². The molecular weight excluding hydrogens is 248 g/mol. The number of hydrogen-bond donors (Lipinski definition) is 1. The highest BCUT2D eigenvalue weighted by atomic mass is 35.5. The Morgan fingerprint density at radius 2 is 1.89 bits per heavy atom. The van der Waals surface area contributed by atoms with E-state index < -0.39 is 0 Å². The highest BCUT2D eigenvalue weighted by molar-refractivity contribution is 6.31. The predicted molar refractivity (Wildman–Crippen MR) is 73.4 cm³/mol. The molecule has 2 nitrogen and oxygen atoms in total. The second-order valence-corrected chi connectivity index (χ2v) is 4.69. The van der Waals surface area contributed by atoms with Crippen LogP contribution in [0.2, 0.25) is 5.02 Å². The van der Waals surface area contributed by atoms with Crippen molar-refractivity contribution in [2.24, 2.45) is 0 Å². The average Bonchev–Trinajstić information content (AvgIpc) is 2.34. The average molecular weight is 263 g/mol. The zero-order valence-corrected chi connectivity index (χ0v) is 11.2. The molecule has 0 aliphatic heterocycles. The van der Waals surface area contributed by atoms with E-state index in [-0.39, 0.29) is 6.61 Å². The number of rotatable bonds is 3. The topological polar surface area (TPSA) is 29.5 Å². The maximum atomic E-state index is 9.05. The molecule has 2 rings (SSSR count). The first-order chi connectivity index (χ1) is 8.60. The molecule has 0 atom stereocenters. The zero-order valence-electron chi connectivity index (χ0n) is 10.4. The molecule has 18 heavy (non-hydrogen) atoms. The van der Waals surface area contributed by atoms with Crippen molar-refractivity contribution in [2.45, 2.75) is 20.5 Å². The van der Waals surface area contributed by atoms with Crippen molar-refractivity contribution in [3.63, 3.8) is 0 Å². The highest BCUT2D eigenvalue weighted by Crippen LogP contribution is 2.29.